The van der Waals surface area contributed by atoms with Gasteiger partial charge in [-0.2, -0.15) is 0 Å². The first-order valence-electron chi connectivity index (χ1n) is 7.37. The van der Waals surface area contributed by atoms with Crippen LogP contribution in [0.25, 0.3) is 0 Å². The molecule has 0 aliphatic rings. The molecule has 0 spiro atoms. The molecule has 1 unspecified atom stereocenters. The van der Waals surface area contributed by atoms with Crippen LogP contribution in [0.4, 0.5) is 0 Å². The standard InChI is InChI=1S/C19H25NS/c1-19(2,3)16-10-6-14(7-11-16)18(20-4)15-8-12-17(21-5)13-9-15/h6-13,18,20H,1-5H3. The molecular formula is C19H25NS. The molecule has 1 N–H and O–H groups in total. The van der Waals surface area contributed by atoms with Gasteiger partial charge in [0.1, 0.15) is 0 Å². The Morgan fingerprint density at radius 2 is 1.33 bits per heavy atom. The van der Waals surface area contributed by atoms with Crippen molar-refractivity contribution >= 4 is 11.8 Å². The molecule has 1 atom stereocenters. The lowest BCUT2D eigenvalue weighted by Crippen LogP contribution is -2.18. The fraction of sp³-hybridized carbons (Fsp3) is 0.368. The van der Waals surface area contributed by atoms with Crippen LogP contribution >= 0.6 is 11.8 Å². The van der Waals surface area contributed by atoms with Gasteiger partial charge in [-0.3, -0.25) is 0 Å². The predicted molar refractivity (Wildman–Crippen MR) is 94.3 cm³/mol. The van der Waals surface area contributed by atoms with Crippen molar-refractivity contribution < 1.29 is 0 Å². The van der Waals surface area contributed by atoms with Crippen LogP contribution in [0.1, 0.15) is 43.5 Å². The molecule has 2 rings (SSSR count). The van der Waals surface area contributed by atoms with Crippen molar-refractivity contribution in [1.29, 1.82) is 0 Å². The SMILES string of the molecule is CNC(c1ccc(SC)cc1)c1ccc(C(C)(C)C)cc1. The lowest BCUT2D eigenvalue weighted by atomic mass is 9.86. The average Bonchev–Trinajstić information content (AvgIpc) is 2.48. The van der Waals surface area contributed by atoms with Crippen molar-refractivity contribution in [2.24, 2.45) is 0 Å². The van der Waals surface area contributed by atoms with Crippen molar-refractivity contribution in [3.8, 4) is 0 Å². The van der Waals surface area contributed by atoms with Crippen LogP contribution in [0.2, 0.25) is 0 Å². The van der Waals surface area contributed by atoms with E-state index in [2.05, 4.69) is 80.9 Å². The molecule has 1 nitrogen and oxygen atoms in total. The van der Waals surface area contributed by atoms with Gasteiger partial charge in [-0.25, -0.2) is 0 Å². The lowest BCUT2D eigenvalue weighted by Gasteiger charge is -2.22. The molecule has 0 aliphatic heterocycles. The lowest BCUT2D eigenvalue weighted by molar-refractivity contribution is 0.589. The van der Waals surface area contributed by atoms with Gasteiger partial charge in [0.2, 0.25) is 0 Å². The molecule has 0 saturated heterocycles. The van der Waals surface area contributed by atoms with Crippen molar-refractivity contribution in [3.63, 3.8) is 0 Å². The van der Waals surface area contributed by atoms with Gasteiger partial charge in [0.25, 0.3) is 0 Å². The maximum absolute atomic E-state index is 3.42. The van der Waals surface area contributed by atoms with Gasteiger partial charge < -0.3 is 5.32 Å². The zero-order chi connectivity index (χ0) is 15.5. The Labute approximate surface area is 133 Å². The number of benzene rings is 2. The molecule has 2 aromatic rings. The molecule has 0 aromatic heterocycles. The van der Waals surface area contributed by atoms with Gasteiger partial charge in [-0.1, -0.05) is 57.2 Å². The smallest absolute Gasteiger partial charge is 0.0574 e. The molecule has 2 heteroatoms. The highest BCUT2D eigenvalue weighted by Crippen LogP contribution is 2.27. The summed E-state index contributed by atoms with van der Waals surface area (Å²) >= 11 is 1.78. The van der Waals surface area contributed by atoms with E-state index in [1.54, 1.807) is 11.8 Å². The summed E-state index contributed by atoms with van der Waals surface area (Å²) in [5.74, 6) is 0. The van der Waals surface area contributed by atoms with Gasteiger partial charge in [0.15, 0.2) is 0 Å². The zero-order valence-electron chi connectivity index (χ0n) is 13.6. The first-order chi connectivity index (χ1) is 9.95. The van der Waals surface area contributed by atoms with Gasteiger partial charge >= 0.3 is 0 Å². The van der Waals surface area contributed by atoms with E-state index in [4.69, 9.17) is 0 Å². The summed E-state index contributed by atoms with van der Waals surface area (Å²) in [7, 11) is 2.02. The van der Waals surface area contributed by atoms with Crippen molar-refractivity contribution in [3.05, 3.63) is 65.2 Å². The average molecular weight is 299 g/mol. The largest absolute Gasteiger partial charge is 0.309 e. The van der Waals surface area contributed by atoms with Crippen molar-refractivity contribution in [2.45, 2.75) is 37.1 Å². The molecule has 21 heavy (non-hydrogen) atoms. The van der Waals surface area contributed by atoms with Crippen molar-refractivity contribution in [2.75, 3.05) is 13.3 Å². The van der Waals surface area contributed by atoms with Crippen LogP contribution in [0.3, 0.4) is 0 Å². The van der Waals surface area contributed by atoms with Gasteiger partial charge in [0, 0.05) is 4.90 Å². The Balaban J connectivity index is 2.28. The van der Waals surface area contributed by atoms with Crippen LogP contribution in [0.5, 0.6) is 0 Å². The second-order valence-corrected chi connectivity index (χ2v) is 7.25. The van der Waals surface area contributed by atoms with E-state index in [0.717, 1.165) is 0 Å². The summed E-state index contributed by atoms with van der Waals surface area (Å²) < 4.78 is 0. The van der Waals surface area contributed by atoms with E-state index < -0.39 is 0 Å². The normalized spacial score (nSPS) is 13.2. The molecule has 0 bridgehead atoms. The molecule has 0 saturated carbocycles. The zero-order valence-corrected chi connectivity index (χ0v) is 14.4. The molecule has 112 valence electrons. The Bertz CT molecular complexity index is 564. The number of hydrogen-bond donors (Lipinski definition) is 1. The minimum Gasteiger partial charge on any atom is -0.309 e. The molecule has 0 amide bonds. The minimum atomic E-state index is 0.202. The van der Waals surface area contributed by atoms with E-state index in [1.807, 2.05) is 7.05 Å². The quantitative estimate of drug-likeness (QED) is 0.796. The number of thioether (sulfide) groups is 1. The highest BCUT2D eigenvalue weighted by molar-refractivity contribution is 7.98. The second kappa shape index (κ2) is 6.67. The van der Waals surface area contributed by atoms with Crippen LogP contribution in [-0.2, 0) is 5.41 Å². The molecule has 0 aliphatic carbocycles. The van der Waals surface area contributed by atoms with Crippen LogP contribution in [0.15, 0.2) is 53.4 Å². The third kappa shape index (κ3) is 3.90. The van der Waals surface area contributed by atoms with E-state index in [-0.39, 0.29) is 11.5 Å². The first-order valence-corrected chi connectivity index (χ1v) is 8.60. The maximum Gasteiger partial charge on any atom is 0.0574 e. The third-order valence-electron chi connectivity index (χ3n) is 3.85. The van der Waals surface area contributed by atoms with E-state index >= 15 is 0 Å². The highest BCUT2D eigenvalue weighted by atomic mass is 32.2. The molecular weight excluding hydrogens is 274 g/mol. The summed E-state index contributed by atoms with van der Waals surface area (Å²) in [5.41, 5.74) is 4.19. The molecule has 0 radical (unpaired) electrons. The Hall–Kier alpha value is -1.25. The van der Waals surface area contributed by atoms with Crippen LogP contribution < -0.4 is 5.32 Å². The van der Waals surface area contributed by atoms with Crippen LogP contribution in [0, 0.1) is 0 Å². The summed E-state index contributed by atoms with van der Waals surface area (Å²) in [6.07, 6.45) is 2.11. The van der Waals surface area contributed by atoms with Crippen LogP contribution in [-0.4, -0.2) is 13.3 Å². The summed E-state index contributed by atoms with van der Waals surface area (Å²) in [6, 6.07) is 18.0. The summed E-state index contributed by atoms with van der Waals surface area (Å²) in [5, 5.41) is 3.42. The van der Waals surface area contributed by atoms with Gasteiger partial charge in [-0.05, 0) is 47.5 Å². The highest BCUT2D eigenvalue weighted by Gasteiger charge is 2.16. The predicted octanol–water partition coefficient (Wildman–Crippen LogP) is 5.01. The number of rotatable bonds is 4. The fourth-order valence-electron chi connectivity index (χ4n) is 2.50. The van der Waals surface area contributed by atoms with E-state index in [0.29, 0.717) is 0 Å². The molecule has 2 aromatic carbocycles. The first kappa shape index (κ1) is 16.1. The number of nitrogens with one attached hydrogen (secondary N) is 1. The Kier molecular flexibility index (Phi) is 5.13. The third-order valence-corrected chi connectivity index (χ3v) is 4.59. The summed E-state index contributed by atoms with van der Waals surface area (Å²) in [4.78, 5) is 1.30. The monoisotopic (exact) mass is 299 g/mol. The van der Waals surface area contributed by atoms with Gasteiger partial charge in [-0.15, -0.1) is 11.8 Å². The maximum atomic E-state index is 3.42. The minimum absolute atomic E-state index is 0.202. The van der Waals surface area contributed by atoms with E-state index in [9.17, 15) is 0 Å². The molecule has 0 fully saturated rings. The van der Waals surface area contributed by atoms with Crippen molar-refractivity contribution in [1.82, 2.24) is 5.32 Å². The van der Waals surface area contributed by atoms with E-state index in [1.165, 1.54) is 21.6 Å². The topological polar surface area (TPSA) is 12.0 Å². The second-order valence-electron chi connectivity index (χ2n) is 6.37. The Morgan fingerprint density at radius 1 is 0.857 bits per heavy atom. The fourth-order valence-corrected chi connectivity index (χ4v) is 2.91. The Morgan fingerprint density at radius 3 is 1.71 bits per heavy atom. The summed E-state index contributed by atoms with van der Waals surface area (Å²) in [6.45, 7) is 6.75. The van der Waals surface area contributed by atoms with Gasteiger partial charge in [0.05, 0.1) is 6.04 Å². The number of hydrogen-bond acceptors (Lipinski definition) is 2. The molecule has 0 heterocycles.